The molecule has 0 spiro atoms. The Labute approximate surface area is 184 Å². The van der Waals surface area contributed by atoms with E-state index in [4.69, 9.17) is 30.6 Å². The van der Waals surface area contributed by atoms with Gasteiger partial charge < -0.3 is 30.6 Å². The summed E-state index contributed by atoms with van der Waals surface area (Å²) in [5, 5.41) is 52.8. The number of phenolic OH excluding ortho intramolecular Hbond substituents is 6. The van der Waals surface area contributed by atoms with Crippen molar-refractivity contribution in [3.05, 3.63) is 108 Å². The molecule has 7 nitrogen and oxygen atoms in total. The Morgan fingerprint density at radius 2 is 0.688 bits per heavy atom. The van der Waals surface area contributed by atoms with Gasteiger partial charge in [-0.25, -0.2) is 0 Å². The SMILES string of the molecule is O=C(c1ccc(O)cc1)c1ccc(O)cc1.Oc1ccc(O)cc1.Oc1cccc(O)c1. The van der Waals surface area contributed by atoms with Crippen molar-refractivity contribution in [1.29, 1.82) is 0 Å². The lowest BCUT2D eigenvalue weighted by Crippen LogP contribution is -2.00. The normalized spacial score (nSPS) is 9.50. The van der Waals surface area contributed by atoms with E-state index in [0.29, 0.717) is 11.1 Å². The lowest BCUT2D eigenvalue weighted by Gasteiger charge is -2.01. The quantitative estimate of drug-likeness (QED) is 0.201. The largest absolute Gasteiger partial charge is 0.508 e. The van der Waals surface area contributed by atoms with Gasteiger partial charge in [-0.15, -0.1) is 0 Å². The number of ketones is 1. The third-order valence-electron chi connectivity index (χ3n) is 3.94. The molecule has 0 bridgehead atoms. The second-order valence-corrected chi connectivity index (χ2v) is 6.46. The molecule has 0 aromatic heterocycles. The lowest BCUT2D eigenvalue weighted by molar-refractivity contribution is 0.103. The topological polar surface area (TPSA) is 138 Å². The van der Waals surface area contributed by atoms with Crippen molar-refractivity contribution < 1.29 is 35.4 Å². The van der Waals surface area contributed by atoms with Crippen LogP contribution in [0.4, 0.5) is 0 Å². The Morgan fingerprint density at radius 3 is 0.938 bits per heavy atom. The Bertz CT molecular complexity index is 1030. The molecule has 0 radical (unpaired) electrons. The van der Waals surface area contributed by atoms with Crippen LogP contribution in [-0.2, 0) is 0 Å². The van der Waals surface area contributed by atoms with Crippen molar-refractivity contribution in [2.24, 2.45) is 0 Å². The zero-order valence-corrected chi connectivity index (χ0v) is 16.8. The third kappa shape index (κ3) is 8.00. The van der Waals surface area contributed by atoms with Crippen LogP contribution in [0.5, 0.6) is 34.5 Å². The maximum absolute atomic E-state index is 11.9. The van der Waals surface area contributed by atoms with Crippen molar-refractivity contribution in [2.45, 2.75) is 0 Å². The van der Waals surface area contributed by atoms with Gasteiger partial charge in [-0.2, -0.15) is 0 Å². The monoisotopic (exact) mass is 434 g/mol. The van der Waals surface area contributed by atoms with Crippen LogP contribution in [0.1, 0.15) is 15.9 Å². The van der Waals surface area contributed by atoms with Crippen LogP contribution in [0.3, 0.4) is 0 Å². The first-order chi connectivity index (χ1) is 15.2. The van der Waals surface area contributed by atoms with Gasteiger partial charge in [0.2, 0.25) is 0 Å². The van der Waals surface area contributed by atoms with Crippen molar-refractivity contribution in [1.82, 2.24) is 0 Å². The minimum atomic E-state index is -0.139. The number of benzene rings is 4. The average Bonchev–Trinajstić information content (AvgIpc) is 2.77. The number of phenols is 6. The number of carbonyl (C=O) groups is 1. The van der Waals surface area contributed by atoms with Gasteiger partial charge in [0.15, 0.2) is 5.78 Å². The van der Waals surface area contributed by atoms with E-state index in [1.54, 1.807) is 30.3 Å². The van der Waals surface area contributed by atoms with Crippen LogP contribution in [0, 0.1) is 0 Å². The molecule has 0 heterocycles. The minimum absolute atomic E-state index is 0.0880. The molecule has 0 aliphatic rings. The zero-order chi connectivity index (χ0) is 23.5. The smallest absolute Gasteiger partial charge is 0.193 e. The number of hydrogen-bond acceptors (Lipinski definition) is 7. The summed E-state index contributed by atoms with van der Waals surface area (Å²) in [6, 6.07) is 23.7. The summed E-state index contributed by atoms with van der Waals surface area (Å²) in [6.45, 7) is 0. The van der Waals surface area contributed by atoms with E-state index < -0.39 is 0 Å². The van der Waals surface area contributed by atoms with Crippen molar-refractivity contribution in [2.75, 3.05) is 0 Å². The highest BCUT2D eigenvalue weighted by Crippen LogP contribution is 2.17. The Kier molecular flexibility index (Phi) is 8.50. The molecule has 0 fully saturated rings. The van der Waals surface area contributed by atoms with Crippen molar-refractivity contribution >= 4 is 5.78 Å². The molecule has 0 amide bonds. The van der Waals surface area contributed by atoms with Crippen LogP contribution in [0.2, 0.25) is 0 Å². The molecular weight excluding hydrogens is 412 g/mol. The van der Waals surface area contributed by atoms with Crippen LogP contribution in [0.15, 0.2) is 97.1 Å². The van der Waals surface area contributed by atoms with Crippen LogP contribution in [0.25, 0.3) is 0 Å². The molecule has 0 saturated carbocycles. The standard InChI is InChI=1S/C13H10O3.2C6H6O2/c14-11-5-1-9(2-6-11)13(16)10-3-7-12(15)8-4-10;7-5-1-2-6(8)4-3-5;7-5-2-1-3-6(8)4-5/h1-8,14-15H;2*1-4,7-8H. The number of aromatic hydroxyl groups is 6. The highest BCUT2D eigenvalue weighted by molar-refractivity contribution is 6.09. The van der Waals surface area contributed by atoms with Gasteiger partial charge in [-0.05, 0) is 84.9 Å². The molecule has 7 heteroatoms. The fourth-order valence-corrected chi connectivity index (χ4v) is 2.34. The number of carbonyl (C=O) groups excluding carboxylic acids is 1. The van der Waals surface area contributed by atoms with Gasteiger partial charge >= 0.3 is 0 Å². The molecule has 164 valence electrons. The van der Waals surface area contributed by atoms with E-state index in [2.05, 4.69) is 0 Å². The summed E-state index contributed by atoms with van der Waals surface area (Å²) >= 11 is 0. The molecule has 0 aliphatic carbocycles. The van der Waals surface area contributed by atoms with E-state index in [1.165, 1.54) is 66.7 Å². The van der Waals surface area contributed by atoms with Crippen LogP contribution < -0.4 is 0 Å². The zero-order valence-electron chi connectivity index (χ0n) is 16.8. The molecule has 4 aromatic carbocycles. The van der Waals surface area contributed by atoms with Gasteiger partial charge in [0.25, 0.3) is 0 Å². The number of rotatable bonds is 2. The summed E-state index contributed by atoms with van der Waals surface area (Å²) in [4.78, 5) is 11.9. The van der Waals surface area contributed by atoms with Gasteiger partial charge in [-0.3, -0.25) is 4.79 Å². The van der Waals surface area contributed by atoms with Gasteiger partial charge in [-0.1, -0.05) is 6.07 Å². The first kappa shape index (κ1) is 23.6. The fraction of sp³-hybridized carbons (Fsp3) is 0. The summed E-state index contributed by atoms with van der Waals surface area (Å²) < 4.78 is 0. The fourth-order valence-electron chi connectivity index (χ4n) is 2.34. The van der Waals surface area contributed by atoms with E-state index >= 15 is 0 Å². The summed E-state index contributed by atoms with van der Waals surface area (Å²) in [5.41, 5.74) is 1.01. The summed E-state index contributed by atoms with van der Waals surface area (Å²) in [6.07, 6.45) is 0. The third-order valence-corrected chi connectivity index (χ3v) is 3.94. The van der Waals surface area contributed by atoms with Crippen LogP contribution in [-0.4, -0.2) is 36.4 Å². The maximum Gasteiger partial charge on any atom is 0.193 e. The summed E-state index contributed by atoms with van der Waals surface area (Å²) in [5.74, 6) is 0.630. The molecule has 6 N–H and O–H groups in total. The molecule has 32 heavy (non-hydrogen) atoms. The van der Waals surface area contributed by atoms with E-state index in [-0.39, 0.29) is 40.3 Å². The molecule has 0 atom stereocenters. The minimum Gasteiger partial charge on any atom is -0.508 e. The Morgan fingerprint density at radius 1 is 0.406 bits per heavy atom. The molecular formula is C25H22O7. The first-order valence-electron chi connectivity index (χ1n) is 9.33. The van der Waals surface area contributed by atoms with Crippen molar-refractivity contribution in [3.63, 3.8) is 0 Å². The maximum atomic E-state index is 11.9. The highest BCUT2D eigenvalue weighted by atomic mass is 16.3. The van der Waals surface area contributed by atoms with Gasteiger partial charge in [0, 0.05) is 17.2 Å². The van der Waals surface area contributed by atoms with Gasteiger partial charge in [0.1, 0.15) is 34.5 Å². The van der Waals surface area contributed by atoms with Crippen LogP contribution >= 0.6 is 0 Å². The van der Waals surface area contributed by atoms with E-state index in [1.807, 2.05) is 0 Å². The summed E-state index contributed by atoms with van der Waals surface area (Å²) in [7, 11) is 0. The molecule has 4 aromatic rings. The molecule has 4 rings (SSSR count). The molecule has 0 unspecified atom stereocenters. The molecule has 0 aliphatic heterocycles. The highest BCUT2D eigenvalue weighted by Gasteiger charge is 2.08. The first-order valence-corrected chi connectivity index (χ1v) is 9.33. The van der Waals surface area contributed by atoms with E-state index in [0.717, 1.165) is 0 Å². The second kappa shape index (κ2) is 11.5. The average molecular weight is 434 g/mol. The van der Waals surface area contributed by atoms with E-state index in [9.17, 15) is 4.79 Å². The Balaban J connectivity index is 0.000000190. The van der Waals surface area contributed by atoms with Crippen molar-refractivity contribution in [3.8, 4) is 34.5 Å². The Hall–Kier alpha value is -4.65. The second-order valence-electron chi connectivity index (χ2n) is 6.46. The number of hydrogen-bond donors (Lipinski definition) is 6. The van der Waals surface area contributed by atoms with Gasteiger partial charge in [0.05, 0.1) is 0 Å². The lowest BCUT2D eigenvalue weighted by atomic mass is 10.0. The predicted molar refractivity (Wildman–Crippen MR) is 119 cm³/mol. The molecule has 0 saturated heterocycles. The predicted octanol–water partition coefficient (Wildman–Crippen LogP) is 4.52.